The molecule has 0 spiro atoms. The highest BCUT2D eigenvalue weighted by Gasteiger charge is 2.35. The zero-order valence-corrected chi connectivity index (χ0v) is 13.3. The van der Waals surface area contributed by atoms with Gasteiger partial charge in [0.2, 0.25) is 10.0 Å². The Bertz CT molecular complexity index is 547. The van der Waals surface area contributed by atoms with E-state index in [4.69, 9.17) is 5.73 Å². The third kappa shape index (κ3) is 3.02. The molecule has 0 radical (unpaired) electrons. The van der Waals surface area contributed by atoms with Crippen LogP contribution in [-0.4, -0.2) is 31.9 Å². The average Bonchev–Trinajstić information content (AvgIpc) is 2.38. The van der Waals surface area contributed by atoms with Gasteiger partial charge >= 0.3 is 0 Å². The molecule has 0 saturated carbocycles. The van der Waals surface area contributed by atoms with Gasteiger partial charge in [0.25, 0.3) is 0 Å². The normalized spacial score (nSPS) is 25.4. The predicted molar refractivity (Wildman–Crippen MR) is 79.3 cm³/mol. The van der Waals surface area contributed by atoms with Crippen molar-refractivity contribution in [2.24, 2.45) is 11.7 Å². The fourth-order valence-electron chi connectivity index (χ4n) is 2.54. The van der Waals surface area contributed by atoms with Crippen molar-refractivity contribution in [3.05, 3.63) is 28.7 Å². The van der Waals surface area contributed by atoms with Gasteiger partial charge < -0.3 is 5.73 Å². The molecule has 2 N–H and O–H groups in total. The third-order valence-corrected chi connectivity index (χ3v) is 6.58. The highest BCUT2D eigenvalue weighted by Crippen LogP contribution is 2.31. The third-order valence-electron chi connectivity index (χ3n) is 3.62. The van der Waals surface area contributed by atoms with Gasteiger partial charge in [0, 0.05) is 23.6 Å². The van der Waals surface area contributed by atoms with Crippen LogP contribution < -0.4 is 5.73 Å². The van der Waals surface area contributed by atoms with Crippen LogP contribution >= 0.6 is 15.9 Å². The first-order valence-electron chi connectivity index (χ1n) is 6.43. The molecule has 19 heavy (non-hydrogen) atoms. The van der Waals surface area contributed by atoms with E-state index in [1.54, 1.807) is 22.5 Å². The maximum Gasteiger partial charge on any atom is 0.244 e. The van der Waals surface area contributed by atoms with E-state index in [0.29, 0.717) is 28.4 Å². The van der Waals surface area contributed by atoms with Crippen molar-refractivity contribution in [1.82, 2.24) is 4.31 Å². The molecule has 0 amide bonds. The van der Waals surface area contributed by atoms with Crippen LogP contribution in [0.25, 0.3) is 0 Å². The second-order valence-corrected chi connectivity index (χ2v) is 7.78. The summed E-state index contributed by atoms with van der Waals surface area (Å²) in [6.07, 6.45) is 1.72. The van der Waals surface area contributed by atoms with Crippen LogP contribution in [-0.2, 0) is 10.0 Å². The summed E-state index contributed by atoms with van der Waals surface area (Å²) in [6.45, 7) is 3.06. The van der Waals surface area contributed by atoms with Gasteiger partial charge in [-0.2, -0.15) is 4.31 Å². The number of piperidine rings is 1. The van der Waals surface area contributed by atoms with Crippen LogP contribution in [0.1, 0.15) is 19.8 Å². The average molecular weight is 347 g/mol. The molecule has 106 valence electrons. The Morgan fingerprint density at radius 1 is 1.42 bits per heavy atom. The Labute approximate surface area is 123 Å². The number of halogens is 1. The summed E-state index contributed by atoms with van der Waals surface area (Å²) in [4.78, 5) is 0.322. The van der Waals surface area contributed by atoms with E-state index < -0.39 is 10.0 Å². The van der Waals surface area contributed by atoms with Gasteiger partial charge in [-0.3, -0.25) is 0 Å². The second kappa shape index (κ2) is 5.91. The standard InChI is InChI=1S/C13H19BrN2O2S/c1-10-6-7-16(11(8-10)9-15)19(17,18)13-5-3-2-4-12(13)14/h2-5,10-11H,6-9,15H2,1H3. The minimum absolute atomic E-state index is 0.0964. The molecule has 1 aliphatic rings. The van der Waals surface area contributed by atoms with Crippen LogP contribution in [0, 0.1) is 5.92 Å². The van der Waals surface area contributed by atoms with E-state index in [0.717, 1.165) is 12.8 Å². The summed E-state index contributed by atoms with van der Waals surface area (Å²) in [6, 6.07) is 6.83. The quantitative estimate of drug-likeness (QED) is 0.912. The van der Waals surface area contributed by atoms with Crippen molar-refractivity contribution in [2.75, 3.05) is 13.1 Å². The van der Waals surface area contributed by atoms with E-state index in [1.807, 2.05) is 6.07 Å². The molecule has 2 unspecified atom stereocenters. The lowest BCUT2D eigenvalue weighted by Gasteiger charge is -2.37. The van der Waals surface area contributed by atoms with Crippen molar-refractivity contribution in [1.29, 1.82) is 0 Å². The summed E-state index contributed by atoms with van der Waals surface area (Å²) < 4.78 is 27.6. The van der Waals surface area contributed by atoms with Gasteiger partial charge in [-0.05, 0) is 46.8 Å². The van der Waals surface area contributed by atoms with Gasteiger partial charge in [-0.15, -0.1) is 0 Å². The van der Waals surface area contributed by atoms with E-state index in [2.05, 4.69) is 22.9 Å². The summed E-state index contributed by atoms with van der Waals surface area (Å²) in [5.41, 5.74) is 5.75. The van der Waals surface area contributed by atoms with Crippen LogP contribution in [0.4, 0.5) is 0 Å². The molecule has 1 aliphatic heterocycles. The molecular weight excluding hydrogens is 328 g/mol. The Morgan fingerprint density at radius 2 is 2.11 bits per heavy atom. The minimum atomic E-state index is -3.47. The number of hydrogen-bond acceptors (Lipinski definition) is 3. The van der Waals surface area contributed by atoms with Crippen molar-refractivity contribution in [3.63, 3.8) is 0 Å². The van der Waals surface area contributed by atoms with Crippen LogP contribution in [0.5, 0.6) is 0 Å². The van der Waals surface area contributed by atoms with Crippen LogP contribution in [0.2, 0.25) is 0 Å². The van der Waals surface area contributed by atoms with Crippen LogP contribution in [0.3, 0.4) is 0 Å². The van der Waals surface area contributed by atoms with E-state index >= 15 is 0 Å². The first kappa shape index (κ1) is 15.0. The zero-order chi connectivity index (χ0) is 14.0. The SMILES string of the molecule is CC1CCN(S(=O)(=O)c2ccccc2Br)C(CN)C1. The lowest BCUT2D eigenvalue weighted by atomic mass is 9.94. The molecule has 6 heteroatoms. The van der Waals surface area contributed by atoms with Gasteiger partial charge in [0.05, 0.1) is 4.90 Å². The zero-order valence-electron chi connectivity index (χ0n) is 10.9. The highest BCUT2D eigenvalue weighted by atomic mass is 79.9. The Hall–Kier alpha value is -0.430. The highest BCUT2D eigenvalue weighted by molar-refractivity contribution is 9.10. The largest absolute Gasteiger partial charge is 0.329 e. The molecular formula is C13H19BrN2O2S. The summed E-state index contributed by atoms with van der Waals surface area (Å²) >= 11 is 3.32. The molecule has 4 nitrogen and oxygen atoms in total. The molecule has 0 aromatic heterocycles. The first-order valence-corrected chi connectivity index (χ1v) is 8.66. The Morgan fingerprint density at radius 3 is 2.74 bits per heavy atom. The van der Waals surface area contributed by atoms with Crippen molar-refractivity contribution >= 4 is 26.0 Å². The molecule has 1 fully saturated rings. The van der Waals surface area contributed by atoms with Crippen molar-refractivity contribution in [3.8, 4) is 0 Å². The monoisotopic (exact) mass is 346 g/mol. The maximum absolute atomic E-state index is 12.7. The number of hydrogen-bond donors (Lipinski definition) is 1. The molecule has 0 aliphatic carbocycles. The topological polar surface area (TPSA) is 63.4 Å². The summed E-state index contributed by atoms with van der Waals surface area (Å²) in [5.74, 6) is 0.527. The smallest absolute Gasteiger partial charge is 0.244 e. The molecule has 1 heterocycles. The Kier molecular flexibility index (Phi) is 4.66. The second-order valence-electron chi connectivity index (χ2n) is 5.07. The molecule has 2 rings (SSSR count). The fourth-order valence-corrected chi connectivity index (χ4v) is 5.17. The molecule has 2 atom stereocenters. The van der Waals surface area contributed by atoms with Crippen LogP contribution in [0.15, 0.2) is 33.6 Å². The molecule has 1 saturated heterocycles. The van der Waals surface area contributed by atoms with E-state index in [9.17, 15) is 8.42 Å². The number of nitrogens with two attached hydrogens (primary N) is 1. The summed E-state index contributed by atoms with van der Waals surface area (Å²) in [7, 11) is -3.47. The maximum atomic E-state index is 12.7. The van der Waals surface area contributed by atoms with Gasteiger partial charge in [-0.25, -0.2) is 8.42 Å². The van der Waals surface area contributed by atoms with Gasteiger partial charge in [-0.1, -0.05) is 19.1 Å². The van der Waals surface area contributed by atoms with Crippen molar-refractivity contribution < 1.29 is 8.42 Å². The lowest BCUT2D eigenvalue weighted by Crippen LogP contribution is -2.49. The minimum Gasteiger partial charge on any atom is -0.329 e. The summed E-state index contributed by atoms with van der Waals surface area (Å²) in [5, 5.41) is 0. The van der Waals surface area contributed by atoms with E-state index in [-0.39, 0.29) is 6.04 Å². The predicted octanol–water partition coefficient (Wildman–Crippen LogP) is 2.20. The lowest BCUT2D eigenvalue weighted by molar-refractivity contribution is 0.211. The Balaban J connectivity index is 2.36. The number of sulfonamides is 1. The molecule has 0 bridgehead atoms. The number of rotatable bonds is 3. The number of benzene rings is 1. The number of nitrogens with zero attached hydrogens (tertiary/aromatic N) is 1. The first-order chi connectivity index (χ1) is 8.96. The van der Waals surface area contributed by atoms with Crippen molar-refractivity contribution in [2.45, 2.75) is 30.7 Å². The molecule has 1 aromatic carbocycles. The van der Waals surface area contributed by atoms with Gasteiger partial charge in [0.15, 0.2) is 0 Å². The van der Waals surface area contributed by atoms with Gasteiger partial charge in [0.1, 0.15) is 0 Å². The fraction of sp³-hybridized carbons (Fsp3) is 0.538. The molecule has 1 aromatic rings. The van der Waals surface area contributed by atoms with E-state index in [1.165, 1.54) is 0 Å².